The van der Waals surface area contributed by atoms with E-state index in [4.69, 9.17) is 21.1 Å². The summed E-state index contributed by atoms with van der Waals surface area (Å²) in [7, 11) is 1.60. The van der Waals surface area contributed by atoms with Crippen molar-refractivity contribution in [1.82, 2.24) is 5.32 Å². The van der Waals surface area contributed by atoms with E-state index >= 15 is 0 Å². The van der Waals surface area contributed by atoms with Gasteiger partial charge in [-0.2, -0.15) is 0 Å². The molecule has 2 rings (SSSR count). The summed E-state index contributed by atoms with van der Waals surface area (Å²) in [6.07, 6.45) is 2.29. The number of ether oxygens (including phenoxy) is 2. The summed E-state index contributed by atoms with van der Waals surface area (Å²) < 4.78 is 24.1. The second-order valence-corrected chi connectivity index (χ2v) is 5.95. The molecule has 2 aromatic rings. The molecule has 0 aliphatic rings. The SMILES string of the molecule is CCCCNCc1cc(OC)c(OCc2ccc(F)cc2)cc1Cl. The number of rotatable bonds is 9. The molecule has 0 unspecified atom stereocenters. The van der Waals surface area contributed by atoms with Gasteiger partial charge in [-0.15, -0.1) is 0 Å². The van der Waals surface area contributed by atoms with Crippen LogP contribution in [0.2, 0.25) is 5.02 Å². The predicted molar refractivity (Wildman–Crippen MR) is 95.4 cm³/mol. The van der Waals surface area contributed by atoms with Crippen LogP contribution >= 0.6 is 11.6 Å². The smallest absolute Gasteiger partial charge is 0.163 e. The van der Waals surface area contributed by atoms with Crippen LogP contribution in [0.15, 0.2) is 36.4 Å². The van der Waals surface area contributed by atoms with Crippen molar-refractivity contribution >= 4 is 11.6 Å². The molecule has 0 atom stereocenters. The second-order valence-electron chi connectivity index (χ2n) is 5.54. The van der Waals surface area contributed by atoms with Crippen LogP contribution in [0.3, 0.4) is 0 Å². The van der Waals surface area contributed by atoms with Gasteiger partial charge in [0.1, 0.15) is 12.4 Å². The van der Waals surface area contributed by atoms with E-state index in [1.165, 1.54) is 12.1 Å². The third-order valence-corrected chi connectivity index (χ3v) is 4.01. The van der Waals surface area contributed by atoms with Crippen molar-refractivity contribution in [3.63, 3.8) is 0 Å². The Kier molecular flexibility index (Phi) is 7.35. The van der Waals surface area contributed by atoms with Crippen molar-refractivity contribution in [2.45, 2.75) is 32.9 Å². The van der Waals surface area contributed by atoms with E-state index < -0.39 is 0 Å². The lowest BCUT2D eigenvalue weighted by Crippen LogP contribution is -2.14. The molecule has 0 saturated heterocycles. The lowest BCUT2D eigenvalue weighted by atomic mass is 10.2. The first kappa shape index (κ1) is 18.6. The highest BCUT2D eigenvalue weighted by Gasteiger charge is 2.11. The van der Waals surface area contributed by atoms with Crippen molar-refractivity contribution in [2.75, 3.05) is 13.7 Å². The highest BCUT2D eigenvalue weighted by atomic mass is 35.5. The number of unbranched alkanes of at least 4 members (excludes halogenated alkanes) is 1. The molecule has 24 heavy (non-hydrogen) atoms. The first-order valence-corrected chi connectivity index (χ1v) is 8.46. The Morgan fingerprint density at radius 2 is 1.88 bits per heavy atom. The summed E-state index contributed by atoms with van der Waals surface area (Å²) in [6, 6.07) is 9.86. The fourth-order valence-electron chi connectivity index (χ4n) is 2.25. The maximum absolute atomic E-state index is 12.9. The number of halogens is 2. The molecule has 3 nitrogen and oxygen atoms in total. The zero-order valence-electron chi connectivity index (χ0n) is 14.1. The van der Waals surface area contributed by atoms with Crippen LogP contribution in [0.1, 0.15) is 30.9 Å². The molecular weight excluding hydrogens is 329 g/mol. The maximum atomic E-state index is 12.9. The van der Waals surface area contributed by atoms with E-state index in [1.54, 1.807) is 25.3 Å². The lowest BCUT2D eigenvalue weighted by Gasteiger charge is -2.14. The van der Waals surface area contributed by atoms with Crippen molar-refractivity contribution in [1.29, 1.82) is 0 Å². The third-order valence-electron chi connectivity index (χ3n) is 3.66. The Morgan fingerprint density at radius 1 is 1.12 bits per heavy atom. The molecule has 0 fully saturated rings. The van der Waals surface area contributed by atoms with E-state index in [-0.39, 0.29) is 5.82 Å². The molecule has 2 aromatic carbocycles. The fraction of sp³-hybridized carbons (Fsp3) is 0.368. The Morgan fingerprint density at radius 3 is 2.54 bits per heavy atom. The van der Waals surface area contributed by atoms with Crippen LogP contribution in [-0.4, -0.2) is 13.7 Å². The highest BCUT2D eigenvalue weighted by Crippen LogP contribution is 2.34. The van der Waals surface area contributed by atoms with Crippen LogP contribution in [0.25, 0.3) is 0 Å². The van der Waals surface area contributed by atoms with Crippen molar-refractivity contribution in [3.05, 3.63) is 58.4 Å². The van der Waals surface area contributed by atoms with Gasteiger partial charge in [0.15, 0.2) is 11.5 Å². The Hall–Kier alpha value is -1.78. The molecule has 0 aromatic heterocycles. The first-order valence-electron chi connectivity index (χ1n) is 8.08. The minimum Gasteiger partial charge on any atom is -0.493 e. The number of hydrogen-bond donors (Lipinski definition) is 1. The monoisotopic (exact) mass is 351 g/mol. The highest BCUT2D eigenvalue weighted by molar-refractivity contribution is 6.31. The minimum atomic E-state index is -0.265. The van der Waals surface area contributed by atoms with E-state index in [9.17, 15) is 4.39 Å². The van der Waals surface area contributed by atoms with Crippen LogP contribution in [-0.2, 0) is 13.2 Å². The molecule has 0 radical (unpaired) electrons. The summed E-state index contributed by atoms with van der Waals surface area (Å²) in [5, 5.41) is 3.99. The number of methoxy groups -OCH3 is 1. The number of benzene rings is 2. The molecule has 0 aliphatic carbocycles. The maximum Gasteiger partial charge on any atom is 0.163 e. The summed E-state index contributed by atoms with van der Waals surface area (Å²) in [6.45, 7) is 4.12. The topological polar surface area (TPSA) is 30.5 Å². The Bertz CT molecular complexity index is 647. The largest absolute Gasteiger partial charge is 0.493 e. The molecule has 0 aliphatic heterocycles. The van der Waals surface area contributed by atoms with E-state index in [1.807, 2.05) is 6.07 Å². The van der Waals surface area contributed by atoms with Crippen LogP contribution in [0.5, 0.6) is 11.5 Å². The average molecular weight is 352 g/mol. The molecule has 0 saturated carbocycles. The lowest BCUT2D eigenvalue weighted by molar-refractivity contribution is 0.284. The fourth-order valence-corrected chi connectivity index (χ4v) is 2.47. The summed E-state index contributed by atoms with van der Waals surface area (Å²) in [5.41, 5.74) is 1.85. The van der Waals surface area contributed by atoms with Gasteiger partial charge in [-0.05, 0) is 42.3 Å². The minimum absolute atomic E-state index is 0.265. The van der Waals surface area contributed by atoms with Gasteiger partial charge in [0, 0.05) is 17.6 Å². The van der Waals surface area contributed by atoms with Crippen molar-refractivity contribution in [3.8, 4) is 11.5 Å². The number of nitrogens with one attached hydrogen (secondary N) is 1. The molecule has 130 valence electrons. The van der Waals surface area contributed by atoms with Gasteiger partial charge in [-0.3, -0.25) is 0 Å². The van der Waals surface area contributed by atoms with E-state index in [2.05, 4.69) is 12.2 Å². The van der Waals surface area contributed by atoms with Gasteiger partial charge < -0.3 is 14.8 Å². The Labute approximate surface area is 147 Å². The zero-order chi connectivity index (χ0) is 17.4. The standard InChI is InChI=1S/C19H23ClFNO2/c1-3-4-9-22-12-15-10-18(23-2)19(11-17(15)20)24-13-14-5-7-16(21)8-6-14/h5-8,10-11,22H,3-4,9,12-13H2,1-2H3. The first-order chi connectivity index (χ1) is 11.6. The normalized spacial score (nSPS) is 10.7. The quantitative estimate of drug-likeness (QED) is 0.648. The Balaban J connectivity index is 2.03. The van der Waals surface area contributed by atoms with Crippen molar-refractivity contribution in [2.24, 2.45) is 0 Å². The molecule has 0 spiro atoms. The molecule has 5 heteroatoms. The van der Waals surface area contributed by atoms with Crippen LogP contribution in [0, 0.1) is 5.82 Å². The van der Waals surface area contributed by atoms with Crippen LogP contribution < -0.4 is 14.8 Å². The van der Waals surface area contributed by atoms with Gasteiger partial charge in [0.25, 0.3) is 0 Å². The predicted octanol–water partition coefficient (Wildman–Crippen LogP) is 4.96. The average Bonchev–Trinajstić information content (AvgIpc) is 2.59. The van der Waals surface area contributed by atoms with Gasteiger partial charge in [0.05, 0.1) is 7.11 Å². The zero-order valence-corrected chi connectivity index (χ0v) is 14.8. The second kappa shape index (κ2) is 9.50. The molecular formula is C19H23ClFNO2. The summed E-state index contributed by atoms with van der Waals surface area (Å²) in [5.74, 6) is 0.942. The number of hydrogen-bond acceptors (Lipinski definition) is 3. The summed E-state index contributed by atoms with van der Waals surface area (Å²) in [4.78, 5) is 0. The van der Waals surface area contributed by atoms with Crippen molar-refractivity contribution < 1.29 is 13.9 Å². The molecule has 0 amide bonds. The van der Waals surface area contributed by atoms with Gasteiger partial charge in [-0.25, -0.2) is 4.39 Å². The van der Waals surface area contributed by atoms with E-state index in [0.29, 0.717) is 29.7 Å². The molecule has 1 N–H and O–H groups in total. The third kappa shape index (κ3) is 5.39. The summed E-state index contributed by atoms with van der Waals surface area (Å²) >= 11 is 6.35. The van der Waals surface area contributed by atoms with Gasteiger partial charge in [-0.1, -0.05) is 37.1 Å². The van der Waals surface area contributed by atoms with Crippen LogP contribution in [0.4, 0.5) is 4.39 Å². The molecule has 0 bridgehead atoms. The molecule has 0 heterocycles. The van der Waals surface area contributed by atoms with E-state index in [0.717, 1.165) is 30.5 Å². The van der Waals surface area contributed by atoms with Gasteiger partial charge >= 0.3 is 0 Å². The van der Waals surface area contributed by atoms with Gasteiger partial charge in [0.2, 0.25) is 0 Å².